The van der Waals surface area contributed by atoms with E-state index in [0.717, 1.165) is 30.3 Å². The number of benzene rings is 1. The number of hydrogen-bond acceptors (Lipinski definition) is 5. The maximum absolute atomic E-state index is 4.64. The van der Waals surface area contributed by atoms with Gasteiger partial charge < -0.3 is 15.5 Å². The quantitative estimate of drug-likeness (QED) is 0.713. The molecule has 2 aromatic heterocycles. The van der Waals surface area contributed by atoms with E-state index in [2.05, 4.69) is 81.0 Å². The molecule has 0 aliphatic carbocycles. The van der Waals surface area contributed by atoms with E-state index in [1.807, 2.05) is 18.5 Å². The lowest BCUT2D eigenvalue weighted by molar-refractivity contribution is 0.576. The Kier molecular flexibility index (Phi) is 4.45. The van der Waals surface area contributed by atoms with Crippen molar-refractivity contribution in [3.8, 4) is 11.1 Å². The van der Waals surface area contributed by atoms with Crippen LogP contribution < -0.4 is 15.5 Å². The topological polar surface area (TPSA) is 53.1 Å². The zero-order valence-corrected chi connectivity index (χ0v) is 16.0. The molecule has 0 saturated carbocycles. The molecular weight excluding hydrogens is 346 g/mol. The second-order valence-corrected chi connectivity index (χ2v) is 7.76. The number of nitrogens with one attached hydrogen (secondary N) is 2. The Labute approximate surface area is 165 Å². The average molecular weight is 371 g/mol. The second-order valence-electron chi connectivity index (χ2n) is 7.76. The Morgan fingerprint density at radius 3 is 2.57 bits per heavy atom. The Hall–Kier alpha value is -2.92. The zero-order chi connectivity index (χ0) is 18.9. The minimum absolute atomic E-state index is 0.199. The fourth-order valence-electron chi connectivity index (χ4n) is 4.33. The van der Waals surface area contributed by atoms with Crippen molar-refractivity contribution in [3.63, 3.8) is 0 Å². The van der Waals surface area contributed by atoms with Crippen molar-refractivity contribution in [3.05, 3.63) is 72.6 Å². The van der Waals surface area contributed by atoms with Crippen LogP contribution in [0.5, 0.6) is 0 Å². The lowest BCUT2D eigenvalue weighted by atomic mass is 10.1. The van der Waals surface area contributed by atoms with Gasteiger partial charge in [0.05, 0.1) is 0 Å². The third kappa shape index (κ3) is 3.34. The van der Waals surface area contributed by atoms with E-state index < -0.39 is 0 Å². The Morgan fingerprint density at radius 2 is 1.82 bits per heavy atom. The molecule has 1 aromatic carbocycles. The van der Waals surface area contributed by atoms with Crippen molar-refractivity contribution in [2.75, 3.05) is 23.3 Å². The van der Waals surface area contributed by atoms with E-state index in [0.29, 0.717) is 12.1 Å². The predicted octanol–water partition coefficient (Wildman–Crippen LogP) is 3.87. The number of aromatic nitrogens is 2. The summed E-state index contributed by atoms with van der Waals surface area (Å²) in [4.78, 5) is 11.6. The molecule has 142 valence electrons. The van der Waals surface area contributed by atoms with Crippen LogP contribution in [0.3, 0.4) is 0 Å². The van der Waals surface area contributed by atoms with Gasteiger partial charge in [0.15, 0.2) is 0 Å². The van der Waals surface area contributed by atoms with Crippen molar-refractivity contribution >= 4 is 11.6 Å². The van der Waals surface area contributed by atoms with Crippen molar-refractivity contribution < 1.29 is 0 Å². The molecule has 2 fully saturated rings. The summed E-state index contributed by atoms with van der Waals surface area (Å²) in [5, 5.41) is 7.07. The third-order valence-corrected chi connectivity index (χ3v) is 5.85. The first-order chi connectivity index (χ1) is 13.8. The predicted molar refractivity (Wildman–Crippen MR) is 113 cm³/mol. The minimum Gasteiger partial charge on any atom is -0.364 e. The van der Waals surface area contributed by atoms with E-state index in [1.165, 1.54) is 17.5 Å². The molecule has 3 atom stereocenters. The highest BCUT2D eigenvalue weighted by Gasteiger charge is 2.38. The summed E-state index contributed by atoms with van der Waals surface area (Å²) in [5.41, 5.74) is 3.58. The van der Waals surface area contributed by atoms with Crippen LogP contribution in [-0.2, 0) is 0 Å². The lowest BCUT2D eigenvalue weighted by Gasteiger charge is -2.28. The van der Waals surface area contributed by atoms with Crippen LogP contribution in [0, 0.1) is 0 Å². The molecule has 3 unspecified atom stereocenters. The van der Waals surface area contributed by atoms with E-state index in [1.54, 1.807) is 0 Å². The summed E-state index contributed by atoms with van der Waals surface area (Å²) in [6.07, 6.45) is 5.02. The van der Waals surface area contributed by atoms with E-state index in [4.69, 9.17) is 0 Å². The number of nitrogens with zero attached hydrogens (tertiary/aromatic N) is 3. The molecule has 5 rings (SSSR count). The third-order valence-electron chi connectivity index (χ3n) is 5.85. The highest BCUT2D eigenvalue weighted by Crippen LogP contribution is 2.31. The number of piperazine rings is 1. The molecule has 0 spiro atoms. The molecule has 2 aliphatic rings. The maximum Gasteiger partial charge on any atom is 0.129 e. The first-order valence-electron chi connectivity index (χ1n) is 10.0. The normalized spacial score (nSPS) is 21.7. The molecule has 0 radical (unpaired) electrons. The van der Waals surface area contributed by atoms with Crippen LogP contribution in [0.15, 0.2) is 67.0 Å². The molecule has 28 heavy (non-hydrogen) atoms. The number of anilines is 2. The monoisotopic (exact) mass is 371 g/mol. The van der Waals surface area contributed by atoms with Crippen LogP contribution in [0.2, 0.25) is 0 Å². The van der Waals surface area contributed by atoms with Crippen molar-refractivity contribution in [1.82, 2.24) is 15.3 Å². The van der Waals surface area contributed by atoms with Crippen LogP contribution in [0.25, 0.3) is 11.1 Å². The molecule has 0 amide bonds. The number of rotatable bonds is 5. The summed E-state index contributed by atoms with van der Waals surface area (Å²) in [5.74, 6) is 1.96. The van der Waals surface area contributed by atoms with Crippen LogP contribution in [0.1, 0.15) is 24.9 Å². The summed E-state index contributed by atoms with van der Waals surface area (Å²) in [6, 6.07) is 20.3. The van der Waals surface area contributed by atoms with Gasteiger partial charge in [0.2, 0.25) is 0 Å². The molecule has 2 saturated heterocycles. The van der Waals surface area contributed by atoms with Gasteiger partial charge in [-0.15, -0.1) is 0 Å². The van der Waals surface area contributed by atoms with Gasteiger partial charge in [0.25, 0.3) is 0 Å². The van der Waals surface area contributed by atoms with Crippen molar-refractivity contribution in [1.29, 1.82) is 0 Å². The van der Waals surface area contributed by atoms with Gasteiger partial charge in [0, 0.05) is 43.6 Å². The highest BCUT2D eigenvalue weighted by atomic mass is 15.3. The first-order valence-corrected chi connectivity index (χ1v) is 10.0. The zero-order valence-electron chi connectivity index (χ0n) is 16.0. The van der Waals surface area contributed by atoms with E-state index in [-0.39, 0.29) is 6.04 Å². The average Bonchev–Trinajstić information content (AvgIpc) is 3.38. The van der Waals surface area contributed by atoms with Crippen molar-refractivity contribution in [2.45, 2.75) is 31.5 Å². The van der Waals surface area contributed by atoms with Crippen LogP contribution in [-0.4, -0.2) is 35.1 Å². The standard InChI is InChI=1S/C23H25N5/c1-16(17-5-3-2-4-6-17)27-22-11-18(7-9-24-22)19-8-10-25-23(12-19)28-15-20-13-21(28)14-26-20/h2-12,16,20-21,26H,13-15H2,1H3,(H,24,27). The fourth-order valence-corrected chi connectivity index (χ4v) is 4.33. The smallest absolute Gasteiger partial charge is 0.129 e. The summed E-state index contributed by atoms with van der Waals surface area (Å²) in [6.45, 7) is 4.28. The lowest BCUT2D eigenvalue weighted by Crippen LogP contribution is -2.43. The van der Waals surface area contributed by atoms with E-state index in [9.17, 15) is 0 Å². The van der Waals surface area contributed by atoms with Gasteiger partial charge in [-0.05, 0) is 54.3 Å². The van der Waals surface area contributed by atoms with Crippen molar-refractivity contribution in [2.24, 2.45) is 0 Å². The SMILES string of the molecule is CC(Nc1cc(-c2ccnc(N3CC4CC3CN4)c2)ccn1)c1ccccc1. The Morgan fingerprint density at radius 1 is 1.04 bits per heavy atom. The first kappa shape index (κ1) is 17.2. The van der Waals surface area contributed by atoms with Crippen LogP contribution >= 0.6 is 0 Å². The van der Waals surface area contributed by atoms with Gasteiger partial charge in [-0.3, -0.25) is 0 Å². The van der Waals surface area contributed by atoms with E-state index >= 15 is 0 Å². The number of fused-ring (bicyclic) bond motifs is 2. The fraction of sp³-hybridized carbons (Fsp3) is 0.304. The summed E-state index contributed by atoms with van der Waals surface area (Å²) < 4.78 is 0. The second kappa shape index (κ2) is 7.24. The van der Waals surface area contributed by atoms with Gasteiger partial charge in [-0.25, -0.2) is 9.97 Å². The summed E-state index contributed by atoms with van der Waals surface area (Å²) in [7, 11) is 0. The molecule has 2 bridgehead atoms. The Bertz CT molecular complexity index is 958. The molecular formula is C23H25N5. The Balaban J connectivity index is 1.37. The van der Waals surface area contributed by atoms with Gasteiger partial charge in [-0.2, -0.15) is 0 Å². The largest absolute Gasteiger partial charge is 0.364 e. The van der Waals surface area contributed by atoms with Gasteiger partial charge in [-0.1, -0.05) is 30.3 Å². The maximum atomic E-state index is 4.64. The number of pyridine rings is 2. The van der Waals surface area contributed by atoms with Gasteiger partial charge >= 0.3 is 0 Å². The van der Waals surface area contributed by atoms with Crippen LogP contribution in [0.4, 0.5) is 11.6 Å². The summed E-state index contributed by atoms with van der Waals surface area (Å²) >= 11 is 0. The molecule has 2 aliphatic heterocycles. The molecule has 5 nitrogen and oxygen atoms in total. The number of hydrogen-bond donors (Lipinski definition) is 2. The minimum atomic E-state index is 0.199. The molecule has 2 N–H and O–H groups in total. The molecule has 3 aromatic rings. The molecule has 4 heterocycles. The molecule has 5 heteroatoms. The highest BCUT2D eigenvalue weighted by molar-refractivity contribution is 5.69. The van der Waals surface area contributed by atoms with Gasteiger partial charge in [0.1, 0.15) is 11.6 Å².